The number of hydrogen-bond donors (Lipinski definition) is 4. The van der Waals surface area contributed by atoms with Crippen molar-refractivity contribution in [2.24, 2.45) is 0 Å². The van der Waals surface area contributed by atoms with E-state index in [4.69, 9.17) is 15.6 Å². The number of hydrogen-bond acceptors (Lipinski definition) is 4. The lowest BCUT2D eigenvalue weighted by Gasteiger charge is -2.11. The van der Waals surface area contributed by atoms with Crippen LogP contribution in [0.3, 0.4) is 0 Å². The van der Waals surface area contributed by atoms with Crippen molar-refractivity contribution in [1.29, 1.82) is 5.41 Å². The van der Waals surface area contributed by atoms with Crippen LogP contribution in [0.2, 0.25) is 0 Å². The summed E-state index contributed by atoms with van der Waals surface area (Å²) in [6.45, 7) is 5.35. The smallest absolute Gasteiger partial charge is 0.331 e. The average Bonchev–Trinajstić information content (AvgIpc) is 2.83. The van der Waals surface area contributed by atoms with Crippen LogP contribution >= 0.6 is 0 Å². The summed E-state index contributed by atoms with van der Waals surface area (Å²) in [5.41, 5.74) is 2.26. The lowest BCUT2D eigenvalue weighted by Crippen LogP contribution is -2.01. The van der Waals surface area contributed by atoms with Gasteiger partial charge >= 0.3 is 11.9 Å². The molecule has 178 valence electrons. The molecule has 3 aromatic rings. The zero-order valence-electron chi connectivity index (χ0n) is 19.4. The maximum atomic E-state index is 11.6. The molecule has 0 unspecified atom stereocenters. The number of benzene rings is 3. The molecule has 6 heteroatoms. The number of unbranched alkanes of at least 4 members (excludes halogenated alkanes) is 1. The number of nitrogens with one attached hydrogen (secondary N) is 1. The molecule has 0 saturated heterocycles. The predicted octanol–water partition coefficient (Wildman–Crippen LogP) is 6.05. The second kappa shape index (κ2) is 13.1. The van der Waals surface area contributed by atoms with Crippen molar-refractivity contribution < 1.29 is 24.9 Å². The lowest BCUT2D eigenvalue weighted by molar-refractivity contribution is -0.133. The molecule has 34 heavy (non-hydrogen) atoms. The van der Waals surface area contributed by atoms with Crippen LogP contribution in [-0.2, 0) is 9.59 Å². The van der Waals surface area contributed by atoms with Crippen LogP contribution in [0.1, 0.15) is 50.2 Å². The number of fused-ring (bicyclic) bond motifs is 2. The summed E-state index contributed by atoms with van der Waals surface area (Å²) in [6, 6.07) is 16.0. The number of aliphatic hydroxyl groups is 1. The molecule has 3 rings (SSSR count). The second-order valence-corrected chi connectivity index (χ2v) is 7.92. The van der Waals surface area contributed by atoms with E-state index >= 15 is 0 Å². The van der Waals surface area contributed by atoms with Crippen molar-refractivity contribution in [3.8, 4) is 0 Å². The molecule has 0 saturated carbocycles. The van der Waals surface area contributed by atoms with Crippen LogP contribution in [0, 0.1) is 5.41 Å². The fourth-order valence-corrected chi connectivity index (χ4v) is 3.66. The minimum Gasteiger partial charge on any atom is -0.478 e. The fourth-order valence-electron chi connectivity index (χ4n) is 3.66. The third-order valence-corrected chi connectivity index (χ3v) is 5.45. The summed E-state index contributed by atoms with van der Waals surface area (Å²) in [5, 5.41) is 38.0. The SMILES string of the molecule is C=C(CCCO)C(=O)O.CCCCC(=Cc1cccc2cc3ccccc3c(C=N)c12)C(=O)O. The Morgan fingerprint density at radius 1 is 0.971 bits per heavy atom. The first kappa shape index (κ1) is 26.5. The molecule has 3 aromatic carbocycles. The van der Waals surface area contributed by atoms with Gasteiger partial charge in [-0.05, 0) is 64.9 Å². The van der Waals surface area contributed by atoms with E-state index in [2.05, 4.69) is 19.6 Å². The highest BCUT2D eigenvalue weighted by atomic mass is 16.4. The topological polar surface area (TPSA) is 119 Å². The molecule has 0 heterocycles. The number of aliphatic hydroxyl groups excluding tert-OH is 1. The molecule has 0 fully saturated rings. The van der Waals surface area contributed by atoms with Gasteiger partial charge in [-0.1, -0.05) is 62.4 Å². The lowest BCUT2D eigenvalue weighted by atomic mass is 9.92. The number of rotatable bonds is 10. The van der Waals surface area contributed by atoms with Crippen molar-refractivity contribution in [3.05, 3.63) is 77.4 Å². The zero-order chi connectivity index (χ0) is 25.1. The van der Waals surface area contributed by atoms with Crippen LogP contribution in [0.4, 0.5) is 0 Å². The van der Waals surface area contributed by atoms with Gasteiger partial charge in [0.25, 0.3) is 0 Å². The van der Waals surface area contributed by atoms with Crippen LogP contribution in [0.25, 0.3) is 27.6 Å². The van der Waals surface area contributed by atoms with Gasteiger partial charge < -0.3 is 20.7 Å². The minimum atomic E-state index is -0.983. The normalized spacial score (nSPS) is 11.1. The van der Waals surface area contributed by atoms with E-state index in [9.17, 15) is 14.7 Å². The summed E-state index contributed by atoms with van der Waals surface area (Å²) >= 11 is 0. The maximum Gasteiger partial charge on any atom is 0.331 e. The largest absolute Gasteiger partial charge is 0.478 e. The van der Waals surface area contributed by atoms with E-state index in [-0.39, 0.29) is 12.2 Å². The van der Waals surface area contributed by atoms with Crippen molar-refractivity contribution in [2.75, 3.05) is 6.61 Å². The third-order valence-electron chi connectivity index (χ3n) is 5.45. The Bertz CT molecular complexity index is 1230. The quantitative estimate of drug-likeness (QED) is 0.166. The summed E-state index contributed by atoms with van der Waals surface area (Å²) in [4.78, 5) is 21.6. The van der Waals surface area contributed by atoms with Gasteiger partial charge in [0.2, 0.25) is 0 Å². The molecule has 4 N–H and O–H groups in total. The highest BCUT2D eigenvalue weighted by molar-refractivity contribution is 6.15. The minimum absolute atomic E-state index is 0.0201. The molecule has 0 aliphatic heterocycles. The summed E-state index contributed by atoms with van der Waals surface area (Å²) in [7, 11) is 0. The van der Waals surface area contributed by atoms with Gasteiger partial charge in [-0.25, -0.2) is 9.59 Å². The Kier molecular flexibility index (Phi) is 10.2. The second-order valence-electron chi connectivity index (χ2n) is 7.92. The van der Waals surface area contributed by atoms with Crippen molar-refractivity contribution in [3.63, 3.8) is 0 Å². The number of carbonyl (C=O) groups is 2. The molecule has 0 aromatic heterocycles. The Morgan fingerprint density at radius 3 is 2.29 bits per heavy atom. The first-order chi connectivity index (χ1) is 16.3. The number of carboxylic acid groups (broad SMARTS) is 2. The highest BCUT2D eigenvalue weighted by Crippen LogP contribution is 2.31. The standard InChI is InChI=1S/C22H21NO2.C6H10O3/c1-2-3-7-18(22(24)25)13-17-10-6-9-16-12-15-8-4-5-11-19(15)20(14-23)21(16)17;1-5(6(8)9)3-2-4-7/h4-6,8-14,23H,2-3,7H2,1H3,(H,24,25);7H,1-4H2,(H,8,9). The summed E-state index contributed by atoms with van der Waals surface area (Å²) in [5.74, 6) is -1.86. The van der Waals surface area contributed by atoms with Gasteiger partial charge in [-0.3, -0.25) is 0 Å². The van der Waals surface area contributed by atoms with Crippen molar-refractivity contribution >= 4 is 45.8 Å². The summed E-state index contributed by atoms with van der Waals surface area (Å²) in [6.07, 6.45) is 6.34. The van der Waals surface area contributed by atoms with Gasteiger partial charge in [0, 0.05) is 29.5 Å². The van der Waals surface area contributed by atoms with E-state index in [1.54, 1.807) is 6.08 Å². The molecule has 0 atom stereocenters. The van der Waals surface area contributed by atoms with Crippen LogP contribution < -0.4 is 0 Å². The molecular formula is C28H31NO5. The Hall–Kier alpha value is -3.77. The van der Waals surface area contributed by atoms with E-state index in [1.807, 2.05) is 42.5 Å². The number of aliphatic carboxylic acids is 2. The van der Waals surface area contributed by atoms with Gasteiger partial charge in [0.15, 0.2) is 0 Å². The Labute approximate surface area is 199 Å². The zero-order valence-corrected chi connectivity index (χ0v) is 19.4. The first-order valence-corrected chi connectivity index (χ1v) is 11.2. The number of carboxylic acids is 2. The van der Waals surface area contributed by atoms with Gasteiger partial charge in [0.05, 0.1) is 0 Å². The van der Waals surface area contributed by atoms with Crippen LogP contribution in [0.5, 0.6) is 0 Å². The van der Waals surface area contributed by atoms with E-state index in [0.717, 1.165) is 45.5 Å². The molecule has 0 aliphatic carbocycles. The van der Waals surface area contributed by atoms with Crippen LogP contribution in [0.15, 0.2) is 66.3 Å². The molecule has 0 aliphatic rings. The van der Waals surface area contributed by atoms with E-state index < -0.39 is 11.9 Å². The van der Waals surface area contributed by atoms with Crippen molar-refractivity contribution in [1.82, 2.24) is 0 Å². The first-order valence-electron chi connectivity index (χ1n) is 11.2. The van der Waals surface area contributed by atoms with Gasteiger partial charge in [-0.2, -0.15) is 0 Å². The van der Waals surface area contributed by atoms with E-state index in [1.165, 1.54) is 6.21 Å². The van der Waals surface area contributed by atoms with Crippen molar-refractivity contribution in [2.45, 2.75) is 39.0 Å². The summed E-state index contributed by atoms with van der Waals surface area (Å²) < 4.78 is 0. The third kappa shape index (κ3) is 6.86. The average molecular weight is 462 g/mol. The molecular weight excluding hydrogens is 430 g/mol. The van der Waals surface area contributed by atoms with Crippen LogP contribution in [-0.4, -0.2) is 40.1 Å². The maximum absolute atomic E-state index is 11.6. The Morgan fingerprint density at radius 2 is 1.68 bits per heavy atom. The fraction of sp³-hybridized carbons (Fsp3) is 0.250. The molecule has 0 amide bonds. The molecule has 0 radical (unpaired) electrons. The van der Waals surface area contributed by atoms with E-state index in [0.29, 0.717) is 24.8 Å². The Balaban J connectivity index is 0.000000387. The molecule has 0 bridgehead atoms. The van der Waals surface area contributed by atoms with Gasteiger partial charge in [0.1, 0.15) is 0 Å². The van der Waals surface area contributed by atoms with Gasteiger partial charge in [-0.15, -0.1) is 0 Å². The monoisotopic (exact) mass is 461 g/mol. The highest BCUT2D eigenvalue weighted by Gasteiger charge is 2.12. The molecule has 6 nitrogen and oxygen atoms in total. The molecule has 0 spiro atoms. The predicted molar refractivity (Wildman–Crippen MR) is 138 cm³/mol.